The minimum Gasteiger partial charge on any atom is -0.206 e. The Hall–Kier alpha value is -0.500. The summed E-state index contributed by atoms with van der Waals surface area (Å²) in [5, 5.41) is 0. The fourth-order valence-corrected chi connectivity index (χ4v) is 1.07. The molecule has 1 aromatic carbocycles. The van der Waals surface area contributed by atoms with Crippen molar-refractivity contribution in [2.75, 3.05) is 0 Å². The van der Waals surface area contributed by atoms with E-state index in [4.69, 9.17) is 0 Å². The summed E-state index contributed by atoms with van der Waals surface area (Å²) >= 11 is 3.99. The standard InChI is InChI=1S/C8H9FS/c1-6-3-2-4-7(5-10)8(6)9/h2-4,10H,5H2,1H3. The summed E-state index contributed by atoms with van der Waals surface area (Å²) in [6.07, 6.45) is 0. The minimum absolute atomic E-state index is 0.127. The zero-order chi connectivity index (χ0) is 7.56. The Morgan fingerprint density at radius 1 is 1.50 bits per heavy atom. The van der Waals surface area contributed by atoms with Gasteiger partial charge in [-0.25, -0.2) is 4.39 Å². The highest BCUT2D eigenvalue weighted by atomic mass is 32.1. The SMILES string of the molecule is Cc1cccc(CS)c1F. The fourth-order valence-electron chi connectivity index (χ4n) is 0.830. The molecule has 0 saturated heterocycles. The Morgan fingerprint density at radius 2 is 2.20 bits per heavy atom. The van der Waals surface area contributed by atoms with E-state index >= 15 is 0 Å². The predicted molar refractivity (Wildman–Crippen MR) is 43.8 cm³/mol. The van der Waals surface area contributed by atoms with Gasteiger partial charge < -0.3 is 0 Å². The first-order valence-corrected chi connectivity index (χ1v) is 3.74. The van der Waals surface area contributed by atoms with Gasteiger partial charge in [-0.2, -0.15) is 12.6 Å². The Bertz CT molecular complexity index is 233. The van der Waals surface area contributed by atoms with Crippen LogP contribution in [0.3, 0.4) is 0 Å². The van der Waals surface area contributed by atoms with E-state index in [-0.39, 0.29) is 5.82 Å². The van der Waals surface area contributed by atoms with Gasteiger partial charge in [0.1, 0.15) is 5.82 Å². The van der Waals surface area contributed by atoms with E-state index < -0.39 is 0 Å². The quantitative estimate of drug-likeness (QED) is 0.593. The first kappa shape index (κ1) is 7.61. The van der Waals surface area contributed by atoms with Crippen LogP contribution in [0.15, 0.2) is 18.2 Å². The van der Waals surface area contributed by atoms with Crippen molar-refractivity contribution in [2.45, 2.75) is 12.7 Å². The molecule has 0 aliphatic carbocycles. The van der Waals surface area contributed by atoms with Crippen molar-refractivity contribution >= 4 is 12.6 Å². The van der Waals surface area contributed by atoms with E-state index in [9.17, 15) is 4.39 Å². The molecule has 10 heavy (non-hydrogen) atoms. The van der Waals surface area contributed by atoms with Crippen LogP contribution in [0.5, 0.6) is 0 Å². The molecule has 0 N–H and O–H groups in total. The molecule has 1 aromatic rings. The number of hydrogen-bond acceptors (Lipinski definition) is 1. The molecule has 0 fully saturated rings. The maximum absolute atomic E-state index is 13.0. The minimum atomic E-state index is -0.127. The Balaban J connectivity index is 3.14. The molecule has 0 unspecified atom stereocenters. The van der Waals surface area contributed by atoms with Gasteiger partial charge in [0.05, 0.1) is 0 Å². The Morgan fingerprint density at radius 3 is 2.70 bits per heavy atom. The van der Waals surface area contributed by atoms with Crippen LogP contribution in [0.4, 0.5) is 4.39 Å². The van der Waals surface area contributed by atoms with Gasteiger partial charge in [0, 0.05) is 5.75 Å². The number of halogens is 1. The highest BCUT2D eigenvalue weighted by Gasteiger charge is 2.00. The molecule has 0 heterocycles. The van der Waals surface area contributed by atoms with Crippen LogP contribution in [0.2, 0.25) is 0 Å². The lowest BCUT2D eigenvalue weighted by Crippen LogP contribution is -1.88. The largest absolute Gasteiger partial charge is 0.206 e. The normalized spacial score (nSPS) is 9.90. The van der Waals surface area contributed by atoms with Gasteiger partial charge in [0.15, 0.2) is 0 Å². The van der Waals surface area contributed by atoms with Crippen LogP contribution in [0.25, 0.3) is 0 Å². The molecule has 0 spiro atoms. The van der Waals surface area contributed by atoms with Crippen molar-refractivity contribution in [3.8, 4) is 0 Å². The van der Waals surface area contributed by atoms with Crippen LogP contribution >= 0.6 is 12.6 Å². The topological polar surface area (TPSA) is 0 Å². The second-order valence-corrected chi connectivity index (χ2v) is 2.52. The summed E-state index contributed by atoms with van der Waals surface area (Å²) in [6.45, 7) is 1.75. The van der Waals surface area contributed by atoms with Gasteiger partial charge in [-0.15, -0.1) is 0 Å². The summed E-state index contributed by atoms with van der Waals surface area (Å²) < 4.78 is 13.0. The number of hydrogen-bond donors (Lipinski definition) is 1. The lowest BCUT2D eigenvalue weighted by molar-refractivity contribution is 0.608. The molecule has 0 aliphatic heterocycles. The highest BCUT2D eigenvalue weighted by Crippen LogP contribution is 2.12. The summed E-state index contributed by atoms with van der Waals surface area (Å²) in [5.41, 5.74) is 1.36. The zero-order valence-electron chi connectivity index (χ0n) is 5.76. The van der Waals surface area contributed by atoms with Gasteiger partial charge in [-0.1, -0.05) is 18.2 Å². The molecular weight excluding hydrogens is 147 g/mol. The van der Waals surface area contributed by atoms with Crippen LogP contribution in [-0.4, -0.2) is 0 Å². The molecular formula is C8H9FS. The second kappa shape index (κ2) is 3.06. The van der Waals surface area contributed by atoms with Crippen molar-refractivity contribution in [1.29, 1.82) is 0 Å². The molecule has 0 aliphatic rings. The predicted octanol–water partition coefficient (Wildman–Crippen LogP) is 2.56. The van der Waals surface area contributed by atoms with Crippen molar-refractivity contribution in [2.24, 2.45) is 0 Å². The van der Waals surface area contributed by atoms with Gasteiger partial charge >= 0.3 is 0 Å². The lowest BCUT2D eigenvalue weighted by Gasteiger charge is -1.99. The van der Waals surface area contributed by atoms with Gasteiger partial charge in [0.2, 0.25) is 0 Å². The van der Waals surface area contributed by atoms with Crippen LogP contribution in [0.1, 0.15) is 11.1 Å². The average Bonchev–Trinajstić information content (AvgIpc) is 1.95. The first-order valence-electron chi connectivity index (χ1n) is 3.10. The molecule has 0 amide bonds. The second-order valence-electron chi connectivity index (χ2n) is 2.21. The van der Waals surface area contributed by atoms with Crippen molar-refractivity contribution in [3.63, 3.8) is 0 Å². The van der Waals surface area contributed by atoms with Gasteiger partial charge in [-0.05, 0) is 18.1 Å². The molecule has 0 atom stereocenters. The van der Waals surface area contributed by atoms with Crippen molar-refractivity contribution in [1.82, 2.24) is 0 Å². The van der Waals surface area contributed by atoms with E-state index in [1.54, 1.807) is 19.1 Å². The lowest BCUT2D eigenvalue weighted by atomic mass is 10.1. The number of rotatable bonds is 1. The highest BCUT2D eigenvalue weighted by molar-refractivity contribution is 7.79. The van der Waals surface area contributed by atoms with Crippen LogP contribution < -0.4 is 0 Å². The smallest absolute Gasteiger partial charge is 0.130 e. The third-order valence-electron chi connectivity index (χ3n) is 1.44. The Kier molecular flexibility index (Phi) is 2.33. The van der Waals surface area contributed by atoms with E-state index in [1.807, 2.05) is 6.07 Å². The third kappa shape index (κ3) is 1.32. The van der Waals surface area contributed by atoms with Crippen LogP contribution in [0, 0.1) is 12.7 Å². The van der Waals surface area contributed by atoms with Crippen molar-refractivity contribution < 1.29 is 4.39 Å². The zero-order valence-corrected chi connectivity index (χ0v) is 6.66. The van der Waals surface area contributed by atoms with Crippen molar-refractivity contribution in [3.05, 3.63) is 35.1 Å². The molecule has 0 bridgehead atoms. The maximum atomic E-state index is 13.0. The molecule has 1 rings (SSSR count). The summed E-state index contributed by atoms with van der Waals surface area (Å²) in [5.74, 6) is 0.338. The molecule has 0 aromatic heterocycles. The first-order chi connectivity index (χ1) is 4.75. The van der Waals surface area contributed by atoms with Gasteiger partial charge in [0.25, 0.3) is 0 Å². The molecule has 54 valence electrons. The summed E-state index contributed by atoms with van der Waals surface area (Å²) in [4.78, 5) is 0. The fraction of sp³-hybridized carbons (Fsp3) is 0.250. The van der Waals surface area contributed by atoms with E-state index in [2.05, 4.69) is 12.6 Å². The monoisotopic (exact) mass is 156 g/mol. The third-order valence-corrected chi connectivity index (χ3v) is 1.78. The number of aryl methyl sites for hydroxylation is 1. The van der Waals surface area contributed by atoms with Gasteiger partial charge in [-0.3, -0.25) is 0 Å². The maximum Gasteiger partial charge on any atom is 0.130 e. The molecule has 0 saturated carbocycles. The summed E-state index contributed by atoms with van der Waals surface area (Å²) in [7, 11) is 0. The summed E-state index contributed by atoms with van der Waals surface area (Å²) in [6, 6.07) is 5.33. The molecule has 2 heteroatoms. The van der Waals surface area contributed by atoms with E-state index in [0.717, 1.165) is 0 Å². The van der Waals surface area contributed by atoms with E-state index in [0.29, 0.717) is 16.9 Å². The number of benzene rings is 1. The molecule has 0 radical (unpaired) electrons. The average molecular weight is 156 g/mol. The van der Waals surface area contributed by atoms with Crippen LogP contribution in [-0.2, 0) is 5.75 Å². The van der Waals surface area contributed by atoms with E-state index in [1.165, 1.54) is 0 Å². The molecule has 0 nitrogen and oxygen atoms in total. The Labute approximate surface area is 65.5 Å². The number of thiol groups is 1.